The van der Waals surface area contributed by atoms with E-state index in [1.165, 1.54) is 13.2 Å². The fourth-order valence-corrected chi connectivity index (χ4v) is 1.41. The van der Waals surface area contributed by atoms with E-state index < -0.39 is 5.97 Å². The molecule has 0 saturated carbocycles. The van der Waals surface area contributed by atoms with Crippen LogP contribution in [0.15, 0.2) is 16.7 Å². The van der Waals surface area contributed by atoms with Crippen LogP contribution < -0.4 is 4.74 Å². The first kappa shape index (κ1) is 9.51. The van der Waals surface area contributed by atoms with Crippen LogP contribution in [0.5, 0.6) is 5.75 Å². The van der Waals surface area contributed by atoms with E-state index >= 15 is 0 Å². The van der Waals surface area contributed by atoms with Gasteiger partial charge in [0.1, 0.15) is 11.3 Å². The highest BCUT2D eigenvalue weighted by atomic mass is 16.5. The Morgan fingerprint density at radius 3 is 2.87 bits per heavy atom. The Balaban J connectivity index is 2.82. The highest BCUT2D eigenvalue weighted by Crippen LogP contribution is 2.27. The summed E-state index contributed by atoms with van der Waals surface area (Å²) < 4.78 is 9.96. The summed E-state index contributed by atoms with van der Waals surface area (Å²) in [6.07, 6.45) is 0. The van der Waals surface area contributed by atoms with Gasteiger partial charge in [-0.1, -0.05) is 5.16 Å². The molecule has 0 fully saturated rings. The second kappa shape index (κ2) is 3.27. The summed E-state index contributed by atoms with van der Waals surface area (Å²) in [4.78, 5) is 10.9. The van der Waals surface area contributed by atoms with Gasteiger partial charge in [0.15, 0.2) is 5.58 Å². The first-order valence-electron chi connectivity index (χ1n) is 4.31. The van der Waals surface area contributed by atoms with Crippen molar-refractivity contribution in [1.29, 1.82) is 0 Å². The minimum absolute atomic E-state index is 0.0601. The van der Waals surface area contributed by atoms with Crippen molar-refractivity contribution < 1.29 is 19.2 Å². The Labute approximate surface area is 85.2 Å². The average Bonchev–Trinajstić information content (AvgIpc) is 2.59. The van der Waals surface area contributed by atoms with Crippen LogP contribution in [0.4, 0.5) is 0 Å². The van der Waals surface area contributed by atoms with Crippen molar-refractivity contribution in [3.63, 3.8) is 0 Å². The number of aryl methyl sites for hydroxylation is 1. The molecule has 0 aliphatic rings. The number of carboxylic acids is 1. The molecule has 0 aliphatic heterocycles. The van der Waals surface area contributed by atoms with Crippen molar-refractivity contribution in [1.82, 2.24) is 5.16 Å². The Kier molecular flexibility index (Phi) is 2.07. The number of methoxy groups -OCH3 is 1. The molecule has 0 spiro atoms. The van der Waals surface area contributed by atoms with Gasteiger partial charge in [-0.25, -0.2) is 4.79 Å². The third kappa shape index (κ3) is 1.41. The number of hydrogen-bond acceptors (Lipinski definition) is 4. The summed E-state index contributed by atoms with van der Waals surface area (Å²) in [5, 5.41) is 13.3. The molecule has 0 unspecified atom stereocenters. The summed E-state index contributed by atoms with van der Waals surface area (Å²) in [5.41, 5.74) is 0.983. The number of fused-ring (bicyclic) bond motifs is 1. The third-order valence-corrected chi connectivity index (χ3v) is 2.19. The molecule has 2 aromatic rings. The van der Waals surface area contributed by atoms with E-state index in [-0.39, 0.29) is 11.1 Å². The molecule has 1 heterocycles. The van der Waals surface area contributed by atoms with E-state index in [9.17, 15) is 4.79 Å². The normalized spacial score (nSPS) is 10.5. The van der Waals surface area contributed by atoms with Crippen molar-refractivity contribution in [3.8, 4) is 5.75 Å². The maximum Gasteiger partial charge on any atom is 0.339 e. The fourth-order valence-electron chi connectivity index (χ4n) is 1.41. The number of aromatic carboxylic acids is 1. The van der Waals surface area contributed by atoms with Crippen LogP contribution in [0.25, 0.3) is 11.0 Å². The maximum atomic E-state index is 10.9. The summed E-state index contributed by atoms with van der Waals surface area (Å²) in [5.74, 6) is -0.582. The topological polar surface area (TPSA) is 72.6 Å². The Hall–Kier alpha value is -2.04. The van der Waals surface area contributed by atoms with Crippen molar-refractivity contribution in [2.75, 3.05) is 7.11 Å². The zero-order valence-electron chi connectivity index (χ0n) is 8.27. The van der Waals surface area contributed by atoms with E-state index in [1.807, 2.05) is 0 Å². The van der Waals surface area contributed by atoms with Gasteiger partial charge < -0.3 is 14.4 Å². The van der Waals surface area contributed by atoms with Gasteiger partial charge in [0.2, 0.25) is 0 Å². The number of rotatable bonds is 2. The lowest BCUT2D eigenvalue weighted by Gasteiger charge is -2.01. The first-order valence-corrected chi connectivity index (χ1v) is 4.31. The lowest BCUT2D eigenvalue weighted by molar-refractivity contribution is 0.0697. The van der Waals surface area contributed by atoms with Crippen LogP contribution >= 0.6 is 0 Å². The van der Waals surface area contributed by atoms with Crippen LogP contribution in [0.2, 0.25) is 0 Å². The minimum atomic E-state index is -1.06. The SMILES string of the molecule is COc1cc(C(=O)O)c2onc(C)c2c1. The van der Waals surface area contributed by atoms with Gasteiger partial charge in [-0.3, -0.25) is 0 Å². The van der Waals surface area contributed by atoms with E-state index in [2.05, 4.69) is 5.16 Å². The Bertz CT molecular complexity index is 529. The molecule has 0 amide bonds. The molecular weight excluding hydrogens is 198 g/mol. The molecule has 1 aromatic heterocycles. The molecule has 1 aromatic carbocycles. The van der Waals surface area contributed by atoms with E-state index in [0.29, 0.717) is 16.8 Å². The number of nitrogens with zero attached hydrogens (tertiary/aromatic N) is 1. The summed E-state index contributed by atoms with van der Waals surface area (Å²) in [6.45, 7) is 1.75. The lowest BCUT2D eigenvalue weighted by Crippen LogP contribution is -1.97. The van der Waals surface area contributed by atoms with Crippen LogP contribution in [0.3, 0.4) is 0 Å². The summed E-state index contributed by atoms with van der Waals surface area (Å²) in [6, 6.07) is 3.11. The summed E-state index contributed by atoms with van der Waals surface area (Å²) in [7, 11) is 1.48. The van der Waals surface area contributed by atoms with Gasteiger partial charge >= 0.3 is 5.97 Å². The number of aromatic nitrogens is 1. The molecule has 0 radical (unpaired) electrons. The maximum absolute atomic E-state index is 10.9. The van der Waals surface area contributed by atoms with Gasteiger partial charge in [-0.15, -0.1) is 0 Å². The number of carboxylic acid groups (broad SMARTS) is 1. The standard InChI is InChI=1S/C10H9NO4/c1-5-7-3-6(14-2)4-8(10(12)13)9(7)15-11-5/h3-4H,1-2H3,(H,12,13). The van der Waals surface area contributed by atoms with E-state index in [4.69, 9.17) is 14.4 Å². The number of ether oxygens (including phenoxy) is 1. The molecule has 5 nitrogen and oxygen atoms in total. The summed E-state index contributed by atoms with van der Waals surface area (Å²) >= 11 is 0. The molecule has 78 valence electrons. The smallest absolute Gasteiger partial charge is 0.339 e. The fraction of sp³-hybridized carbons (Fsp3) is 0.200. The molecule has 0 atom stereocenters. The van der Waals surface area contributed by atoms with Crippen LogP contribution in [-0.4, -0.2) is 23.3 Å². The molecule has 15 heavy (non-hydrogen) atoms. The molecule has 5 heteroatoms. The van der Waals surface area contributed by atoms with Gasteiger partial charge in [0.25, 0.3) is 0 Å². The average molecular weight is 207 g/mol. The molecule has 0 bridgehead atoms. The second-order valence-corrected chi connectivity index (χ2v) is 3.12. The van der Waals surface area contributed by atoms with Crippen molar-refractivity contribution >= 4 is 16.9 Å². The second-order valence-electron chi connectivity index (χ2n) is 3.12. The first-order chi connectivity index (χ1) is 7.13. The molecule has 2 rings (SSSR count). The third-order valence-electron chi connectivity index (χ3n) is 2.19. The van der Waals surface area contributed by atoms with Crippen molar-refractivity contribution in [2.45, 2.75) is 6.92 Å². The van der Waals surface area contributed by atoms with E-state index in [1.54, 1.807) is 13.0 Å². The molecule has 0 saturated heterocycles. The number of benzene rings is 1. The monoisotopic (exact) mass is 207 g/mol. The largest absolute Gasteiger partial charge is 0.497 e. The predicted octanol–water partition coefficient (Wildman–Crippen LogP) is 1.84. The molecular formula is C10H9NO4. The van der Waals surface area contributed by atoms with Gasteiger partial charge in [-0.2, -0.15) is 0 Å². The quantitative estimate of drug-likeness (QED) is 0.813. The minimum Gasteiger partial charge on any atom is -0.497 e. The van der Waals surface area contributed by atoms with Crippen LogP contribution in [0.1, 0.15) is 16.1 Å². The Morgan fingerprint density at radius 2 is 2.27 bits per heavy atom. The predicted molar refractivity (Wildman–Crippen MR) is 52.3 cm³/mol. The molecule has 1 N–H and O–H groups in total. The van der Waals surface area contributed by atoms with Gasteiger partial charge in [0.05, 0.1) is 12.8 Å². The highest BCUT2D eigenvalue weighted by Gasteiger charge is 2.16. The zero-order valence-corrected chi connectivity index (χ0v) is 8.27. The van der Waals surface area contributed by atoms with Crippen molar-refractivity contribution in [3.05, 3.63) is 23.4 Å². The lowest BCUT2D eigenvalue weighted by atomic mass is 10.1. The van der Waals surface area contributed by atoms with Crippen molar-refractivity contribution in [2.24, 2.45) is 0 Å². The van der Waals surface area contributed by atoms with Crippen LogP contribution in [0, 0.1) is 6.92 Å². The Morgan fingerprint density at radius 1 is 1.53 bits per heavy atom. The van der Waals surface area contributed by atoms with Crippen LogP contribution in [-0.2, 0) is 0 Å². The number of carbonyl (C=O) groups is 1. The number of hydrogen-bond donors (Lipinski definition) is 1. The van der Waals surface area contributed by atoms with Gasteiger partial charge in [0, 0.05) is 5.39 Å². The highest BCUT2D eigenvalue weighted by molar-refractivity contribution is 6.02. The zero-order chi connectivity index (χ0) is 11.0. The van der Waals surface area contributed by atoms with E-state index in [0.717, 1.165) is 0 Å². The molecule has 0 aliphatic carbocycles. The van der Waals surface area contributed by atoms with Gasteiger partial charge in [-0.05, 0) is 19.1 Å².